The van der Waals surface area contributed by atoms with Crippen LogP contribution in [0.3, 0.4) is 0 Å². The van der Waals surface area contributed by atoms with Gasteiger partial charge < -0.3 is 5.43 Å². The Labute approximate surface area is 84.9 Å². The zero-order chi connectivity index (χ0) is 10.8. The third-order valence-corrected chi connectivity index (χ3v) is 1.74. The number of aryl methyl sites for hydroxylation is 1. The fraction of sp³-hybridized carbons (Fsp3) is 0.600. The lowest BCUT2D eigenvalue weighted by molar-refractivity contribution is 0.400. The minimum absolute atomic E-state index is 0.194. The number of hydrogen-bond donors (Lipinski definition) is 2. The van der Waals surface area contributed by atoms with Gasteiger partial charge in [0.15, 0.2) is 0 Å². The highest BCUT2D eigenvalue weighted by Gasteiger charge is 2.14. The molecule has 0 saturated carbocycles. The number of nitrogens with one attached hydrogen (secondary N) is 1. The molecule has 3 N–H and O–H groups in total. The lowest BCUT2D eigenvalue weighted by Gasteiger charge is -2.17. The van der Waals surface area contributed by atoms with Crippen LogP contribution in [0.5, 0.6) is 0 Å². The van der Waals surface area contributed by atoms with E-state index < -0.39 is 0 Å². The number of anilines is 1. The lowest BCUT2D eigenvalue weighted by atomic mass is 9.92. The summed E-state index contributed by atoms with van der Waals surface area (Å²) in [6.45, 7) is 8.42. The van der Waals surface area contributed by atoms with Crippen LogP contribution in [0, 0.1) is 12.3 Å². The van der Waals surface area contributed by atoms with Crippen LogP contribution < -0.4 is 11.3 Å². The third kappa shape index (κ3) is 3.30. The quantitative estimate of drug-likeness (QED) is 0.555. The number of hydrogen-bond acceptors (Lipinski definition) is 4. The highest BCUT2D eigenvalue weighted by molar-refractivity contribution is 5.34. The normalized spacial score (nSPS) is 11.5. The molecule has 1 rings (SSSR count). The van der Waals surface area contributed by atoms with Crippen molar-refractivity contribution in [3.8, 4) is 0 Å². The van der Waals surface area contributed by atoms with E-state index in [1.54, 1.807) is 0 Å². The highest BCUT2D eigenvalue weighted by atomic mass is 15.3. The van der Waals surface area contributed by atoms with Crippen LogP contribution in [0.15, 0.2) is 6.07 Å². The Morgan fingerprint density at radius 2 is 2.00 bits per heavy atom. The summed E-state index contributed by atoms with van der Waals surface area (Å²) in [6.07, 6.45) is 0.851. The summed E-state index contributed by atoms with van der Waals surface area (Å²) < 4.78 is 0. The molecule has 14 heavy (non-hydrogen) atoms. The van der Waals surface area contributed by atoms with Crippen molar-refractivity contribution < 1.29 is 0 Å². The van der Waals surface area contributed by atoms with Crippen LogP contribution in [0.2, 0.25) is 0 Å². The van der Waals surface area contributed by atoms with Gasteiger partial charge in [-0.3, -0.25) is 0 Å². The largest absolute Gasteiger partial charge is 0.308 e. The van der Waals surface area contributed by atoms with Gasteiger partial charge in [0.2, 0.25) is 0 Å². The number of nitrogens with two attached hydrogens (primary N) is 1. The number of nitrogen functional groups attached to an aromatic ring is 1. The molecule has 0 saturated heterocycles. The maximum Gasteiger partial charge on any atom is 0.143 e. The van der Waals surface area contributed by atoms with Crippen molar-refractivity contribution in [1.82, 2.24) is 9.97 Å². The van der Waals surface area contributed by atoms with Crippen molar-refractivity contribution in [1.29, 1.82) is 0 Å². The van der Waals surface area contributed by atoms with Gasteiger partial charge in [-0.15, -0.1) is 0 Å². The van der Waals surface area contributed by atoms with E-state index >= 15 is 0 Å². The van der Waals surface area contributed by atoms with E-state index in [9.17, 15) is 0 Å². The van der Waals surface area contributed by atoms with Crippen molar-refractivity contribution in [2.75, 3.05) is 5.43 Å². The van der Waals surface area contributed by atoms with Gasteiger partial charge in [0.25, 0.3) is 0 Å². The Bertz CT molecular complexity index is 314. The van der Waals surface area contributed by atoms with Gasteiger partial charge in [-0.25, -0.2) is 15.8 Å². The molecule has 0 aliphatic heterocycles. The highest BCUT2D eigenvalue weighted by Crippen LogP contribution is 2.19. The Hall–Kier alpha value is -1.16. The molecule has 78 valence electrons. The van der Waals surface area contributed by atoms with Gasteiger partial charge in [0.1, 0.15) is 11.6 Å². The minimum atomic E-state index is 0.194. The topological polar surface area (TPSA) is 63.8 Å². The summed E-state index contributed by atoms with van der Waals surface area (Å²) in [5, 5.41) is 0. The van der Waals surface area contributed by atoms with E-state index in [1.165, 1.54) is 0 Å². The zero-order valence-corrected chi connectivity index (χ0v) is 9.26. The molecule has 0 unspecified atom stereocenters. The maximum absolute atomic E-state index is 5.31. The van der Waals surface area contributed by atoms with Crippen LogP contribution in [0.4, 0.5) is 5.82 Å². The molecule has 0 spiro atoms. The first kappa shape index (κ1) is 10.9. The first-order valence-corrected chi connectivity index (χ1v) is 4.72. The average Bonchev–Trinajstić information content (AvgIpc) is 1.99. The molecule has 4 heteroatoms. The van der Waals surface area contributed by atoms with Crippen molar-refractivity contribution in [2.45, 2.75) is 34.1 Å². The fourth-order valence-electron chi connectivity index (χ4n) is 1.26. The predicted octanol–water partition coefficient (Wildman–Crippen LogP) is 1.66. The second kappa shape index (κ2) is 3.92. The van der Waals surface area contributed by atoms with Gasteiger partial charge in [-0.2, -0.15) is 0 Å². The SMILES string of the molecule is Cc1cc(NN)nc(CC(C)(C)C)n1. The molecule has 0 atom stereocenters. The van der Waals surface area contributed by atoms with Crippen molar-refractivity contribution in [2.24, 2.45) is 11.3 Å². The summed E-state index contributed by atoms with van der Waals surface area (Å²) in [7, 11) is 0. The van der Waals surface area contributed by atoms with Crippen LogP contribution in [0.1, 0.15) is 32.3 Å². The molecule has 4 nitrogen and oxygen atoms in total. The molecule has 0 aliphatic rings. The Morgan fingerprint density at radius 3 is 2.50 bits per heavy atom. The summed E-state index contributed by atoms with van der Waals surface area (Å²) in [6, 6.07) is 1.83. The molecule has 0 radical (unpaired) electrons. The molecule has 1 aromatic rings. The van der Waals surface area contributed by atoms with Crippen LogP contribution in [-0.2, 0) is 6.42 Å². The van der Waals surface area contributed by atoms with E-state index in [-0.39, 0.29) is 5.41 Å². The van der Waals surface area contributed by atoms with E-state index in [0.717, 1.165) is 17.9 Å². The second-order valence-corrected chi connectivity index (χ2v) is 4.69. The smallest absolute Gasteiger partial charge is 0.143 e. The number of hydrazine groups is 1. The lowest BCUT2D eigenvalue weighted by Crippen LogP contribution is -2.15. The number of nitrogens with zero attached hydrogens (tertiary/aromatic N) is 2. The van der Waals surface area contributed by atoms with E-state index in [4.69, 9.17) is 5.84 Å². The average molecular weight is 194 g/mol. The summed E-state index contributed by atoms with van der Waals surface area (Å²) in [5.74, 6) is 6.83. The molecule has 0 amide bonds. The third-order valence-electron chi connectivity index (χ3n) is 1.74. The summed E-state index contributed by atoms with van der Waals surface area (Å²) in [4.78, 5) is 8.65. The van der Waals surface area contributed by atoms with Crippen molar-refractivity contribution in [3.63, 3.8) is 0 Å². The van der Waals surface area contributed by atoms with Gasteiger partial charge in [-0.05, 0) is 12.3 Å². The van der Waals surface area contributed by atoms with Crippen molar-refractivity contribution in [3.05, 3.63) is 17.6 Å². The Balaban J connectivity index is 2.92. The van der Waals surface area contributed by atoms with Crippen LogP contribution >= 0.6 is 0 Å². The molecular weight excluding hydrogens is 176 g/mol. The first-order valence-electron chi connectivity index (χ1n) is 4.72. The summed E-state index contributed by atoms with van der Waals surface area (Å²) in [5.41, 5.74) is 3.67. The van der Waals surface area contributed by atoms with Gasteiger partial charge in [0, 0.05) is 18.2 Å². The number of aromatic nitrogens is 2. The monoisotopic (exact) mass is 194 g/mol. The predicted molar refractivity (Wildman–Crippen MR) is 57.7 cm³/mol. The van der Waals surface area contributed by atoms with Crippen LogP contribution in [-0.4, -0.2) is 9.97 Å². The van der Waals surface area contributed by atoms with E-state index in [2.05, 4.69) is 36.2 Å². The number of rotatable bonds is 2. The molecule has 0 fully saturated rings. The second-order valence-electron chi connectivity index (χ2n) is 4.69. The van der Waals surface area contributed by atoms with Crippen molar-refractivity contribution >= 4 is 5.82 Å². The van der Waals surface area contributed by atoms with Gasteiger partial charge in [-0.1, -0.05) is 20.8 Å². The molecule has 0 bridgehead atoms. The van der Waals surface area contributed by atoms with Gasteiger partial charge >= 0.3 is 0 Å². The zero-order valence-electron chi connectivity index (χ0n) is 9.26. The van der Waals surface area contributed by atoms with E-state index in [0.29, 0.717) is 5.82 Å². The Kier molecular flexibility index (Phi) is 3.06. The first-order chi connectivity index (χ1) is 6.40. The van der Waals surface area contributed by atoms with Gasteiger partial charge in [0.05, 0.1) is 0 Å². The summed E-state index contributed by atoms with van der Waals surface area (Å²) >= 11 is 0. The standard InChI is InChI=1S/C10H18N4/c1-7-5-8(14-11)13-9(12-7)6-10(2,3)4/h5H,6,11H2,1-4H3,(H,12,13,14). The minimum Gasteiger partial charge on any atom is -0.308 e. The maximum atomic E-state index is 5.31. The van der Waals surface area contributed by atoms with Crippen LogP contribution in [0.25, 0.3) is 0 Å². The molecule has 0 aliphatic carbocycles. The fourth-order valence-corrected chi connectivity index (χ4v) is 1.26. The van der Waals surface area contributed by atoms with E-state index in [1.807, 2.05) is 13.0 Å². The molecule has 0 aromatic carbocycles. The Morgan fingerprint density at radius 1 is 1.36 bits per heavy atom. The molecule has 1 heterocycles. The molecular formula is C10H18N4. The molecule has 1 aromatic heterocycles.